The van der Waals surface area contributed by atoms with Crippen LogP contribution in [0.2, 0.25) is 0 Å². The van der Waals surface area contributed by atoms with Gasteiger partial charge in [0.1, 0.15) is 6.04 Å². The van der Waals surface area contributed by atoms with E-state index in [1.54, 1.807) is 0 Å². The first-order valence-corrected chi connectivity index (χ1v) is 6.60. The molecule has 0 saturated heterocycles. The van der Waals surface area contributed by atoms with Crippen molar-refractivity contribution >= 4 is 12.0 Å². The van der Waals surface area contributed by atoms with Crippen LogP contribution in [0.3, 0.4) is 0 Å². The molecule has 2 amide bonds. The van der Waals surface area contributed by atoms with Crippen LogP contribution in [0.25, 0.3) is 0 Å². The molecule has 0 radical (unpaired) electrons. The van der Waals surface area contributed by atoms with Gasteiger partial charge in [0.15, 0.2) is 0 Å². The van der Waals surface area contributed by atoms with Gasteiger partial charge in [-0.05, 0) is 25.9 Å². The SMILES string of the molecule is CCC[C@@H](NC(=O)NCC(C)(C)CN(C)C)C(=O)O. The number of carboxylic acids is 1. The predicted octanol–water partition coefficient (Wildman–Crippen LogP) is 1.13. The van der Waals surface area contributed by atoms with Crippen LogP contribution in [-0.4, -0.2) is 55.2 Å². The lowest BCUT2D eigenvalue weighted by molar-refractivity contribution is -0.139. The summed E-state index contributed by atoms with van der Waals surface area (Å²) in [6, 6.07) is -1.24. The highest BCUT2D eigenvalue weighted by atomic mass is 16.4. The molecule has 6 nitrogen and oxygen atoms in total. The van der Waals surface area contributed by atoms with Crippen LogP contribution in [0.1, 0.15) is 33.6 Å². The molecule has 0 rings (SSSR count). The van der Waals surface area contributed by atoms with E-state index < -0.39 is 18.0 Å². The largest absolute Gasteiger partial charge is 0.480 e. The van der Waals surface area contributed by atoms with Crippen molar-refractivity contribution in [3.63, 3.8) is 0 Å². The summed E-state index contributed by atoms with van der Waals surface area (Å²) >= 11 is 0. The summed E-state index contributed by atoms with van der Waals surface area (Å²) in [5.74, 6) is -0.996. The summed E-state index contributed by atoms with van der Waals surface area (Å²) in [6.45, 7) is 7.32. The third kappa shape index (κ3) is 8.42. The van der Waals surface area contributed by atoms with E-state index in [4.69, 9.17) is 5.11 Å². The van der Waals surface area contributed by atoms with E-state index in [0.717, 1.165) is 6.54 Å². The van der Waals surface area contributed by atoms with Crippen molar-refractivity contribution in [2.45, 2.75) is 39.7 Å². The monoisotopic (exact) mass is 273 g/mol. The molecule has 0 aromatic rings. The first-order valence-electron chi connectivity index (χ1n) is 6.60. The molecule has 0 saturated carbocycles. The minimum Gasteiger partial charge on any atom is -0.480 e. The fourth-order valence-electron chi connectivity index (χ4n) is 1.99. The number of carboxylic acid groups (broad SMARTS) is 1. The number of hydrogen-bond donors (Lipinski definition) is 3. The summed E-state index contributed by atoms with van der Waals surface area (Å²) in [4.78, 5) is 24.6. The topological polar surface area (TPSA) is 81.7 Å². The van der Waals surface area contributed by atoms with Crippen LogP contribution in [0.15, 0.2) is 0 Å². The van der Waals surface area contributed by atoms with Gasteiger partial charge >= 0.3 is 12.0 Å². The number of aliphatic carboxylic acids is 1. The quantitative estimate of drug-likeness (QED) is 0.619. The Morgan fingerprint density at radius 1 is 1.32 bits per heavy atom. The lowest BCUT2D eigenvalue weighted by atomic mass is 9.93. The van der Waals surface area contributed by atoms with Crippen LogP contribution in [-0.2, 0) is 4.79 Å². The number of carbonyl (C=O) groups is 2. The molecular formula is C13H27N3O3. The van der Waals surface area contributed by atoms with Crippen molar-refractivity contribution < 1.29 is 14.7 Å². The Kier molecular flexibility index (Phi) is 7.44. The number of carbonyl (C=O) groups excluding carboxylic acids is 1. The Morgan fingerprint density at radius 2 is 1.89 bits per heavy atom. The second-order valence-corrected chi connectivity index (χ2v) is 5.91. The van der Waals surface area contributed by atoms with Gasteiger partial charge in [0.05, 0.1) is 0 Å². The number of nitrogens with zero attached hydrogens (tertiary/aromatic N) is 1. The maximum atomic E-state index is 11.7. The summed E-state index contributed by atoms with van der Waals surface area (Å²) in [5.41, 5.74) is -0.0652. The predicted molar refractivity (Wildman–Crippen MR) is 75.2 cm³/mol. The van der Waals surface area contributed by atoms with Crippen LogP contribution >= 0.6 is 0 Å². The van der Waals surface area contributed by atoms with E-state index in [1.165, 1.54) is 0 Å². The fraction of sp³-hybridized carbons (Fsp3) is 0.846. The molecule has 0 aliphatic heterocycles. The fourth-order valence-corrected chi connectivity index (χ4v) is 1.99. The Balaban J connectivity index is 4.20. The van der Waals surface area contributed by atoms with Crippen molar-refractivity contribution in [2.75, 3.05) is 27.2 Å². The Morgan fingerprint density at radius 3 is 2.32 bits per heavy atom. The maximum absolute atomic E-state index is 11.7. The van der Waals surface area contributed by atoms with Gasteiger partial charge in [-0.3, -0.25) is 0 Å². The van der Waals surface area contributed by atoms with Gasteiger partial charge in [-0.25, -0.2) is 9.59 Å². The number of amides is 2. The van der Waals surface area contributed by atoms with Crippen LogP contribution in [0, 0.1) is 5.41 Å². The normalized spacial score (nSPS) is 13.2. The average molecular weight is 273 g/mol. The molecule has 0 unspecified atom stereocenters. The molecule has 0 aromatic heterocycles. The smallest absolute Gasteiger partial charge is 0.326 e. The van der Waals surface area contributed by atoms with E-state index >= 15 is 0 Å². The van der Waals surface area contributed by atoms with Crippen molar-refractivity contribution in [2.24, 2.45) is 5.41 Å². The van der Waals surface area contributed by atoms with Gasteiger partial charge < -0.3 is 20.6 Å². The molecular weight excluding hydrogens is 246 g/mol. The standard InChI is InChI=1S/C13H27N3O3/c1-6-7-10(11(17)18)15-12(19)14-8-13(2,3)9-16(4)5/h10H,6-9H2,1-5H3,(H,17,18)(H2,14,15,19)/t10-/m1/s1. The Labute approximate surface area is 115 Å². The van der Waals surface area contributed by atoms with Gasteiger partial charge in [-0.2, -0.15) is 0 Å². The number of hydrogen-bond acceptors (Lipinski definition) is 3. The molecule has 0 fully saturated rings. The van der Waals surface area contributed by atoms with Gasteiger partial charge in [0.25, 0.3) is 0 Å². The van der Waals surface area contributed by atoms with Crippen molar-refractivity contribution in [1.29, 1.82) is 0 Å². The molecule has 0 bridgehead atoms. The highest BCUT2D eigenvalue weighted by molar-refractivity contribution is 5.82. The molecule has 112 valence electrons. The van der Waals surface area contributed by atoms with Crippen molar-refractivity contribution in [3.8, 4) is 0 Å². The molecule has 0 heterocycles. The first-order chi connectivity index (χ1) is 8.68. The third-order valence-electron chi connectivity index (χ3n) is 2.65. The molecule has 0 spiro atoms. The van der Waals surface area contributed by atoms with E-state index in [9.17, 15) is 9.59 Å². The number of nitrogens with one attached hydrogen (secondary N) is 2. The van der Waals surface area contributed by atoms with Crippen molar-refractivity contribution in [1.82, 2.24) is 15.5 Å². The summed E-state index contributed by atoms with van der Waals surface area (Å²) in [7, 11) is 3.95. The van der Waals surface area contributed by atoms with Gasteiger partial charge in [0.2, 0.25) is 0 Å². The minimum absolute atomic E-state index is 0.0652. The Bertz CT molecular complexity index is 304. The molecule has 0 aliphatic rings. The average Bonchev–Trinajstić information content (AvgIpc) is 2.24. The lowest BCUT2D eigenvalue weighted by Crippen LogP contribution is -2.49. The van der Waals surface area contributed by atoms with Gasteiger partial charge in [0, 0.05) is 13.1 Å². The number of rotatable bonds is 8. The summed E-state index contributed by atoms with van der Waals surface area (Å²) < 4.78 is 0. The molecule has 0 aliphatic carbocycles. The third-order valence-corrected chi connectivity index (χ3v) is 2.65. The zero-order chi connectivity index (χ0) is 15.1. The molecule has 19 heavy (non-hydrogen) atoms. The highest BCUT2D eigenvalue weighted by Crippen LogP contribution is 2.13. The van der Waals surface area contributed by atoms with E-state index in [0.29, 0.717) is 19.4 Å². The Hall–Kier alpha value is -1.30. The van der Waals surface area contributed by atoms with E-state index in [1.807, 2.05) is 34.9 Å². The highest BCUT2D eigenvalue weighted by Gasteiger charge is 2.22. The van der Waals surface area contributed by atoms with Crippen LogP contribution < -0.4 is 10.6 Å². The summed E-state index contributed by atoms with van der Waals surface area (Å²) in [5, 5.41) is 14.2. The van der Waals surface area contributed by atoms with Crippen LogP contribution in [0.4, 0.5) is 4.79 Å². The summed E-state index contributed by atoms with van der Waals surface area (Å²) in [6.07, 6.45) is 1.15. The van der Waals surface area contributed by atoms with E-state index in [-0.39, 0.29) is 5.41 Å². The molecule has 1 atom stereocenters. The first kappa shape index (κ1) is 17.7. The van der Waals surface area contributed by atoms with Gasteiger partial charge in [-0.15, -0.1) is 0 Å². The van der Waals surface area contributed by atoms with Crippen molar-refractivity contribution in [3.05, 3.63) is 0 Å². The zero-order valence-electron chi connectivity index (χ0n) is 12.6. The lowest BCUT2D eigenvalue weighted by Gasteiger charge is -2.28. The molecule has 0 aromatic carbocycles. The minimum atomic E-state index is -0.996. The second-order valence-electron chi connectivity index (χ2n) is 5.91. The van der Waals surface area contributed by atoms with Crippen LogP contribution in [0.5, 0.6) is 0 Å². The molecule has 6 heteroatoms. The van der Waals surface area contributed by atoms with E-state index in [2.05, 4.69) is 15.5 Å². The number of urea groups is 1. The molecule has 3 N–H and O–H groups in total. The zero-order valence-corrected chi connectivity index (χ0v) is 12.6. The van der Waals surface area contributed by atoms with Gasteiger partial charge in [-0.1, -0.05) is 27.2 Å². The second kappa shape index (κ2) is 7.99. The maximum Gasteiger partial charge on any atom is 0.326 e.